The number of aromatic nitrogens is 2. The Balaban J connectivity index is 2.45. The summed E-state index contributed by atoms with van der Waals surface area (Å²) >= 11 is 0. The van der Waals surface area contributed by atoms with Gasteiger partial charge < -0.3 is 9.94 Å². The van der Waals surface area contributed by atoms with Crippen molar-refractivity contribution in [1.29, 1.82) is 0 Å². The van der Waals surface area contributed by atoms with Gasteiger partial charge in [0.15, 0.2) is 0 Å². The molecule has 78 valence electrons. The summed E-state index contributed by atoms with van der Waals surface area (Å²) < 4.78 is 9.16. The number of carbonyl (C=O) groups excluding carboxylic acids is 1. The van der Waals surface area contributed by atoms with Crippen molar-refractivity contribution in [1.82, 2.24) is 5.16 Å². The van der Waals surface area contributed by atoms with Gasteiger partial charge in [0.2, 0.25) is 11.0 Å². The largest absolute Gasteiger partial charge is 0.462 e. The molecule has 1 aromatic heterocycles. The normalized spacial score (nSPS) is 10.5. The summed E-state index contributed by atoms with van der Waals surface area (Å²) in [5.41, 5.74) is 0.913. The van der Waals surface area contributed by atoms with Crippen molar-refractivity contribution < 1.29 is 19.1 Å². The lowest BCUT2D eigenvalue weighted by molar-refractivity contribution is -0.782. The van der Waals surface area contributed by atoms with Crippen molar-refractivity contribution in [2.45, 2.75) is 6.92 Å². The van der Waals surface area contributed by atoms with Crippen molar-refractivity contribution in [2.24, 2.45) is 0 Å². The van der Waals surface area contributed by atoms with E-state index in [1.807, 2.05) is 0 Å². The highest BCUT2D eigenvalue weighted by Gasteiger charge is 2.13. The number of fused-ring (bicyclic) bond motifs is 1. The highest BCUT2D eigenvalue weighted by Crippen LogP contribution is 2.11. The number of hydrogen-bond acceptors (Lipinski definition) is 5. The number of carbonyl (C=O) groups is 1. The minimum atomic E-state index is -0.472. The van der Waals surface area contributed by atoms with Gasteiger partial charge in [0.25, 0.3) is 0 Å². The smallest absolute Gasteiger partial charge is 0.338 e. The summed E-state index contributed by atoms with van der Waals surface area (Å²) in [5, 5.41) is 14.5. The summed E-state index contributed by atoms with van der Waals surface area (Å²) in [4.78, 5) is 11.6. The summed E-state index contributed by atoms with van der Waals surface area (Å²) in [5.74, 6) is -0.472. The predicted molar refractivity (Wildman–Crippen MR) is 48.9 cm³/mol. The Morgan fingerprint density at radius 1 is 1.67 bits per heavy atom. The van der Waals surface area contributed by atoms with Crippen molar-refractivity contribution in [3.8, 4) is 0 Å². The summed E-state index contributed by atoms with van der Waals surface area (Å²) in [6.07, 6.45) is 0. The van der Waals surface area contributed by atoms with E-state index in [4.69, 9.17) is 4.74 Å². The molecular formula is C9H8N2O4. The third kappa shape index (κ3) is 1.61. The van der Waals surface area contributed by atoms with Crippen molar-refractivity contribution in [3.05, 3.63) is 29.0 Å². The molecule has 0 spiro atoms. The van der Waals surface area contributed by atoms with Crippen molar-refractivity contribution in [3.63, 3.8) is 0 Å². The zero-order valence-electron chi connectivity index (χ0n) is 7.97. The average Bonchev–Trinajstić information content (AvgIpc) is 2.60. The molecule has 0 atom stereocenters. The minimum Gasteiger partial charge on any atom is -0.462 e. The molecular weight excluding hydrogens is 200 g/mol. The summed E-state index contributed by atoms with van der Waals surface area (Å²) in [7, 11) is 0. The lowest BCUT2D eigenvalue weighted by Gasteiger charge is -1.99. The molecule has 0 aliphatic carbocycles. The summed E-state index contributed by atoms with van der Waals surface area (Å²) in [6.45, 7) is 2.00. The number of esters is 1. The topological polar surface area (TPSA) is 79.3 Å². The Morgan fingerprint density at radius 3 is 3.20 bits per heavy atom. The van der Waals surface area contributed by atoms with E-state index in [1.54, 1.807) is 6.92 Å². The van der Waals surface area contributed by atoms with Gasteiger partial charge in [-0.3, -0.25) is 4.63 Å². The molecule has 2 aromatic rings. The van der Waals surface area contributed by atoms with Gasteiger partial charge in [-0.15, -0.1) is 0 Å². The van der Waals surface area contributed by atoms with E-state index in [2.05, 4.69) is 9.79 Å². The average molecular weight is 208 g/mol. The zero-order valence-corrected chi connectivity index (χ0v) is 7.97. The first-order valence-corrected chi connectivity index (χ1v) is 4.39. The Kier molecular flexibility index (Phi) is 2.24. The van der Waals surface area contributed by atoms with E-state index in [0.717, 1.165) is 0 Å². The minimum absolute atomic E-state index is 0.209. The van der Waals surface area contributed by atoms with Crippen LogP contribution in [0.2, 0.25) is 0 Å². The molecule has 2 rings (SSSR count). The van der Waals surface area contributed by atoms with Gasteiger partial charge in [-0.25, -0.2) is 4.79 Å². The van der Waals surface area contributed by atoms with Crippen LogP contribution in [0.25, 0.3) is 11.0 Å². The van der Waals surface area contributed by atoms with Gasteiger partial charge in [0, 0.05) is 11.2 Å². The highest BCUT2D eigenvalue weighted by molar-refractivity contribution is 5.92. The third-order valence-corrected chi connectivity index (χ3v) is 1.90. The third-order valence-electron chi connectivity index (χ3n) is 1.90. The fourth-order valence-electron chi connectivity index (χ4n) is 1.21. The molecule has 0 aliphatic heterocycles. The van der Waals surface area contributed by atoms with E-state index >= 15 is 0 Å². The predicted octanol–water partition coefficient (Wildman–Crippen LogP) is 0.638. The SMILES string of the molecule is CCOC(=O)c1ccc2no[n+]([O-])c2c1. The number of nitrogens with zero attached hydrogens (tertiary/aromatic N) is 2. The van der Waals surface area contributed by atoms with E-state index < -0.39 is 5.97 Å². The van der Waals surface area contributed by atoms with Crippen LogP contribution in [0.3, 0.4) is 0 Å². The standard InChI is InChI=1S/C9H8N2O4/c1-2-14-9(12)6-3-4-7-8(5-6)11(13)15-10-7/h3-5H,2H2,1H3. The van der Waals surface area contributed by atoms with Crippen molar-refractivity contribution >= 4 is 17.0 Å². The lowest BCUT2D eigenvalue weighted by Crippen LogP contribution is -2.22. The highest BCUT2D eigenvalue weighted by atomic mass is 16.8. The quantitative estimate of drug-likeness (QED) is 0.534. The first-order valence-electron chi connectivity index (χ1n) is 4.39. The first-order chi connectivity index (χ1) is 7.22. The molecule has 0 fully saturated rings. The van der Waals surface area contributed by atoms with Gasteiger partial charge in [-0.1, -0.05) is 0 Å². The maximum Gasteiger partial charge on any atom is 0.338 e. The first kappa shape index (κ1) is 9.45. The number of rotatable bonds is 2. The van der Waals surface area contributed by atoms with Crippen LogP contribution in [0.15, 0.2) is 22.8 Å². The molecule has 1 aromatic carbocycles. The Morgan fingerprint density at radius 2 is 2.47 bits per heavy atom. The lowest BCUT2D eigenvalue weighted by atomic mass is 10.2. The zero-order chi connectivity index (χ0) is 10.8. The van der Waals surface area contributed by atoms with Gasteiger partial charge >= 0.3 is 5.97 Å². The van der Waals surface area contributed by atoms with Crippen LogP contribution >= 0.6 is 0 Å². The molecule has 0 N–H and O–H groups in total. The van der Waals surface area contributed by atoms with E-state index in [-0.39, 0.29) is 17.0 Å². The van der Waals surface area contributed by atoms with Crippen molar-refractivity contribution in [2.75, 3.05) is 6.61 Å². The second kappa shape index (κ2) is 3.56. The Bertz CT molecular complexity index is 506. The number of ether oxygens (including phenoxy) is 1. The molecule has 0 aliphatic rings. The van der Waals surface area contributed by atoms with Gasteiger partial charge in [0.1, 0.15) is 0 Å². The molecule has 0 saturated carbocycles. The molecule has 0 amide bonds. The van der Waals surface area contributed by atoms with Crippen LogP contribution in [0, 0.1) is 5.21 Å². The molecule has 0 unspecified atom stereocenters. The fraction of sp³-hybridized carbons (Fsp3) is 0.222. The van der Waals surface area contributed by atoms with Crippen LogP contribution in [0.1, 0.15) is 17.3 Å². The maximum absolute atomic E-state index is 11.3. The summed E-state index contributed by atoms with van der Waals surface area (Å²) in [6, 6.07) is 4.44. The monoisotopic (exact) mass is 208 g/mol. The second-order valence-corrected chi connectivity index (χ2v) is 2.85. The Labute approximate surface area is 84.6 Å². The second-order valence-electron chi connectivity index (χ2n) is 2.85. The fourth-order valence-corrected chi connectivity index (χ4v) is 1.21. The van der Waals surface area contributed by atoms with Crippen LogP contribution in [-0.4, -0.2) is 17.7 Å². The molecule has 6 nitrogen and oxygen atoms in total. The van der Waals surface area contributed by atoms with E-state index in [9.17, 15) is 10.0 Å². The van der Waals surface area contributed by atoms with Crippen LogP contribution < -0.4 is 4.90 Å². The van der Waals surface area contributed by atoms with Crippen LogP contribution in [0.5, 0.6) is 0 Å². The maximum atomic E-state index is 11.3. The number of benzene rings is 1. The molecule has 15 heavy (non-hydrogen) atoms. The molecule has 1 heterocycles. The number of hydrogen-bond donors (Lipinski definition) is 0. The Hall–Kier alpha value is -2.11. The van der Waals surface area contributed by atoms with E-state index in [1.165, 1.54) is 18.2 Å². The van der Waals surface area contributed by atoms with Gasteiger partial charge in [-0.05, 0) is 24.0 Å². The van der Waals surface area contributed by atoms with Gasteiger partial charge in [-0.2, -0.15) is 0 Å². The van der Waals surface area contributed by atoms with Gasteiger partial charge in [0.05, 0.1) is 12.2 Å². The molecule has 6 heteroatoms. The molecule has 0 radical (unpaired) electrons. The van der Waals surface area contributed by atoms with Crippen LogP contribution in [0.4, 0.5) is 0 Å². The molecule has 0 bridgehead atoms. The van der Waals surface area contributed by atoms with E-state index in [0.29, 0.717) is 11.1 Å². The molecule has 0 saturated heterocycles. The van der Waals surface area contributed by atoms with Crippen LogP contribution in [-0.2, 0) is 4.74 Å².